The van der Waals surface area contributed by atoms with Gasteiger partial charge in [-0.3, -0.25) is 0 Å². The first-order chi connectivity index (χ1) is 8.16. The van der Waals surface area contributed by atoms with Gasteiger partial charge < -0.3 is 10.5 Å². The van der Waals surface area contributed by atoms with Gasteiger partial charge in [0.25, 0.3) is 0 Å². The van der Waals surface area contributed by atoms with E-state index < -0.39 is 0 Å². The van der Waals surface area contributed by atoms with Crippen LogP contribution in [0, 0.1) is 3.57 Å². The lowest BCUT2D eigenvalue weighted by Crippen LogP contribution is -2.06. The third-order valence-electron chi connectivity index (χ3n) is 2.45. The second kappa shape index (κ2) is 5.51. The maximum absolute atomic E-state index is 5.91. The van der Waals surface area contributed by atoms with Gasteiger partial charge >= 0.3 is 0 Å². The monoisotopic (exact) mass is 339 g/mol. The Morgan fingerprint density at radius 2 is 1.71 bits per heavy atom. The molecule has 2 aromatic carbocycles. The van der Waals surface area contributed by atoms with E-state index in [1.165, 1.54) is 3.57 Å². The van der Waals surface area contributed by atoms with Crippen LogP contribution >= 0.6 is 22.6 Å². The second-order valence-electron chi connectivity index (χ2n) is 3.88. The fraction of sp³-hybridized carbons (Fsp3) is 0.143. The van der Waals surface area contributed by atoms with E-state index in [2.05, 4.69) is 22.6 Å². The fourth-order valence-electron chi connectivity index (χ4n) is 1.58. The summed E-state index contributed by atoms with van der Waals surface area (Å²) in [5.41, 5.74) is 6.93. The van der Waals surface area contributed by atoms with E-state index in [0.29, 0.717) is 0 Å². The van der Waals surface area contributed by atoms with Crippen LogP contribution in [0.4, 0.5) is 0 Å². The molecule has 0 saturated heterocycles. The van der Waals surface area contributed by atoms with Crippen molar-refractivity contribution in [3.63, 3.8) is 0 Å². The SMILES string of the molecule is C[C@@H](N)c1ccccc1Oc1ccc(I)cc1. The van der Waals surface area contributed by atoms with Gasteiger partial charge in [0.2, 0.25) is 0 Å². The predicted octanol–water partition coefficient (Wildman–Crippen LogP) is 4.10. The van der Waals surface area contributed by atoms with Gasteiger partial charge in [0.05, 0.1) is 0 Å². The number of halogens is 1. The molecule has 2 N–H and O–H groups in total. The summed E-state index contributed by atoms with van der Waals surface area (Å²) in [7, 11) is 0. The van der Waals surface area contributed by atoms with Crippen LogP contribution in [0.2, 0.25) is 0 Å². The molecule has 0 aliphatic carbocycles. The summed E-state index contributed by atoms with van der Waals surface area (Å²) in [5, 5.41) is 0. The van der Waals surface area contributed by atoms with E-state index in [0.717, 1.165) is 17.1 Å². The highest BCUT2D eigenvalue weighted by atomic mass is 127. The van der Waals surface area contributed by atoms with Crippen molar-refractivity contribution in [3.05, 3.63) is 57.7 Å². The average molecular weight is 339 g/mol. The summed E-state index contributed by atoms with van der Waals surface area (Å²) in [6, 6.07) is 15.8. The Kier molecular flexibility index (Phi) is 4.02. The molecule has 0 aliphatic heterocycles. The molecule has 1 atom stereocenters. The molecule has 0 saturated carbocycles. The highest BCUT2D eigenvalue weighted by molar-refractivity contribution is 14.1. The van der Waals surface area contributed by atoms with Crippen LogP contribution in [0.1, 0.15) is 18.5 Å². The van der Waals surface area contributed by atoms with Gasteiger partial charge in [-0.15, -0.1) is 0 Å². The molecule has 88 valence electrons. The molecule has 0 heterocycles. The predicted molar refractivity (Wildman–Crippen MR) is 78.3 cm³/mol. The van der Waals surface area contributed by atoms with Crippen LogP contribution in [-0.2, 0) is 0 Å². The molecular formula is C14H14INO. The van der Waals surface area contributed by atoms with Gasteiger partial charge in [-0.1, -0.05) is 18.2 Å². The summed E-state index contributed by atoms with van der Waals surface area (Å²) >= 11 is 2.27. The maximum Gasteiger partial charge on any atom is 0.132 e. The van der Waals surface area contributed by atoms with Crippen molar-refractivity contribution in [2.75, 3.05) is 0 Å². The van der Waals surface area contributed by atoms with Crippen LogP contribution in [0.3, 0.4) is 0 Å². The molecule has 0 spiro atoms. The average Bonchev–Trinajstić information content (AvgIpc) is 2.32. The largest absolute Gasteiger partial charge is 0.457 e. The van der Waals surface area contributed by atoms with Crippen LogP contribution in [0.15, 0.2) is 48.5 Å². The highest BCUT2D eigenvalue weighted by Crippen LogP contribution is 2.28. The van der Waals surface area contributed by atoms with E-state index in [1.807, 2.05) is 55.5 Å². The minimum atomic E-state index is -0.0324. The van der Waals surface area contributed by atoms with Gasteiger partial charge in [-0.2, -0.15) is 0 Å². The summed E-state index contributed by atoms with van der Waals surface area (Å²) in [5.74, 6) is 1.65. The van der Waals surface area contributed by atoms with E-state index >= 15 is 0 Å². The zero-order valence-electron chi connectivity index (χ0n) is 9.56. The number of para-hydroxylation sites is 1. The minimum absolute atomic E-state index is 0.0324. The molecule has 2 aromatic rings. The molecule has 3 heteroatoms. The summed E-state index contributed by atoms with van der Waals surface area (Å²) in [6.45, 7) is 1.95. The first kappa shape index (κ1) is 12.4. The smallest absolute Gasteiger partial charge is 0.132 e. The molecule has 0 radical (unpaired) electrons. The van der Waals surface area contributed by atoms with Crippen LogP contribution < -0.4 is 10.5 Å². The Hall–Kier alpha value is -1.07. The topological polar surface area (TPSA) is 35.2 Å². The van der Waals surface area contributed by atoms with Crippen molar-refractivity contribution in [3.8, 4) is 11.5 Å². The summed E-state index contributed by atoms with van der Waals surface area (Å²) in [4.78, 5) is 0. The van der Waals surface area contributed by atoms with Gasteiger partial charge in [-0.05, 0) is 59.8 Å². The molecule has 0 fully saturated rings. The molecule has 2 rings (SSSR count). The Morgan fingerprint density at radius 3 is 2.35 bits per heavy atom. The highest BCUT2D eigenvalue weighted by Gasteiger charge is 2.07. The minimum Gasteiger partial charge on any atom is -0.457 e. The number of ether oxygens (including phenoxy) is 1. The first-order valence-corrected chi connectivity index (χ1v) is 6.52. The van der Waals surface area contributed by atoms with Crippen LogP contribution in [0.25, 0.3) is 0 Å². The summed E-state index contributed by atoms with van der Waals surface area (Å²) in [6.07, 6.45) is 0. The first-order valence-electron chi connectivity index (χ1n) is 5.45. The zero-order chi connectivity index (χ0) is 12.3. The van der Waals surface area contributed by atoms with Crippen molar-refractivity contribution >= 4 is 22.6 Å². The lowest BCUT2D eigenvalue weighted by atomic mass is 10.1. The van der Waals surface area contributed by atoms with E-state index in [1.54, 1.807) is 0 Å². The lowest BCUT2D eigenvalue weighted by molar-refractivity contribution is 0.472. The van der Waals surface area contributed by atoms with Crippen LogP contribution in [-0.4, -0.2) is 0 Å². The van der Waals surface area contributed by atoms with Crippen molar-refractivity contribution in [1.82, 2.24) is 0 Å². The number of benzene rings is 2. The van der Waals surface area contributed by atoms with E-state index in [-0.39, 0.29) is 6.04 Å². The molecule has 0 bridgehead atoms. The molecule has 0 unspecified atom stereocenters. The second-order valence-corrected chi connectivity index (χ2v) is 5.13. The van der Waals surface area contributed by atoms with E-state index in [4.69, 9.17) is 10.5 Å². The lowest BCUT2D eigenvalue weighted by Gasteiger charge is -2.13. The number of nitrogens with two attached hydrogens (primary N) is 1. The molecule has 0 amide bonds. The van der Waals surface area contributed by atoms with E-state index in [9.17, 15) is 0 Å². The molecule has 2 nitrogen and oxygen atoms in total. The van der Waals surface area contributed by atoms with Gasteiger partial charge in [0.1, 0.15) is 11.5 Å². The van der Waals surface area contributed by atoms with Crippen molar-refractivity contribution in [2.45, 2.75) is 13.0 Å². The molecular weight excluding hydrogens is 325 g/mol. The van der Waals surface area contributed by atoms with Crippen molar-refractivity contribution in [2.24, 2.45) is 5.73 Å². The molecule has 0 aromatic heterocycles. The maximum atomic E-state index is 5.91. The molecule has 0 aliphatic rings. The quantitative estimate of drug-likeness (QED) is 0.855. The number of hydrogen-bond acceptors (Lipinski definition) is 2. The number of hydrogen-bond donors (Lipinski definition) is 1. The normalized spacial score (nSPS) is 12.2. The van der Waals surface area contributed by atoms with Crippen LogP contribution in [0.5, 0.6) is 11.5 Å². The molecule has 17 heavy (non-hydrogen) atoms. The third-order valence-corrected chi connectivity index (χ3v) is 3.17. The zero-order valence-corrected chi connectivity index (χ0v) is 11.7. The Bertz CT molecular complexity index is 494. The third kappa shape index (κ3) is 3.20. The van der Waals surface area contributed by atoms with Crippen molar-refractivity contribution < 1.29 is 4.74 Å². The van der Waals surface area contributed by atoms with Gasteiger partial charge in [-0.25, -0.2) is 0 Å². The fourth-order valence-corrected chi connectivity index (χ4v) is 1.94. The standard InChI is InChI=1S/C14H14INO/c1-10(16)13-4-2-3-5-14(13)17-12-8-6-11(15)7-9-12/h2-10H,16H2,1H3/t10-/m1/s1. The van der Waals surface area contributed by atoms with Gasteiger partial charge in [0.15, 0.2) is 0 Å². The Morgan fingerprint density at radius 1 is 1.06 bits per heavy atom. The summed E-state index contributed by atoms with van der Waals surface area (Å²) < 4.78 is 7.03. The van der Waals surface area contributed by atoms with Gasteiger partial charge in [0, 0.05) is 15.2 Å². The number of rotatable bonds is 3. The van der Waals surface area contributed by atoms with Crippen molar-refractivity contribution in [1.29, 1.82) is 0 Å². The Balaban J connectivity index is 2.26. The Labute approximate surface area is 115 Å².